The molecule has 7 nitrogen and oxygen atoms in total. The fourth-order valence-electron chi connectivity index (χ4n) is 3.65. The summed E-state index contributed by atoms with van der Waals surface area (Å²) >= 11 is 0. The summed E-state index contributed by atoms with van der Waals surface area (Å²) in [7, 11) is 0. The second kappa shape index (κ2) is 7.98. The molecule has 2 N–H and O–H groups in total. The Morgan fingerprint density at radius 2 is 2.15 bits per heavy atom. The van der Waals surface area contributed by atoms with Crippen molar-refractivity contribution in [2.24, 2.45) is 5.41 Å². The standard InChI is InChI=1S/C20H26N2O5/c1-20(19(25)26)9-3-10-22(13-20)18(24)4-2-11-27-15-6-7-16-14(12-15)5-8-17(23)21-16/h6-7,12H,2-5,8-11,13H2,1H3,(H,21,23)(H,25,26). The van der Waals surface area contributed by atoms with E-state index in [1.54, 1.807) is 11.8 Å². The van der Waals surface area contributed by atoms with E-state index in [0.717, 1.165) is 23.4 Å². The molecule has 0 spiro atoms. The van der Waals surface area contributed by atoms with Gasteiger partial charge in [-0.05, 0) is 56.4 Å². The van der Waals surface area contributed by atoms with E-state index in [1.165, 1.54) is 0 Å². The number of ether oxygens (including phenoxy) is 1. The van der Waals surface area contributed by atoms with Crippen LogP contribution in [0.15, 0.2) is 18.2 Å². The number of nitrogens with zero attached hydrogens (tertiary/aromatic N) is 1. The molecule has 1 unspecified atom stereocenters. The Kier molecular flexibility index (Phi) is 5.68. The van der Waals surface area contributed by atoms with Gasteiger partial charge >= 0.3 is 5.97 Å². The minimum absolute atomic E-state index is 0.0149. The number of rotatable bonds is 6. The van der Waals surface area contributed by atoms with Gasteiger partial charge in [-0.3, -0.25) is 14.4 Å². The highest BCUT2D eigenvalue weighted by Gasteiger charge is 2.39. The van der Waals surface area contributed by atoms with E-state index >= 15 is 0 Å². The first-order valence-corrected chi connectivity index (χ1v) is 9.44. The first-order chi connectivity index (χ1) is 12.9. The number of amides is 2. The summed E-state index contributed by atoms with van der Waals surface area (Å²) in [4.78, 5) is 36.8. The van der Waals surface area contributed by atoms with Crippen LogP contribution in [0.1, 0.15) is 44.6 Å². The van der Waals surface area contributed by atoms with Crippen LogP contribution >= 0.6 is 0 Å². The van der Waals surface area contributed by atoms with E-state index < -0.39 is 11.4 Å². The van der Waals surface area contributed by atoms with Crippen molar-refractivity contribution in [3.63, 3.8) is 0 Å². The van der Waals surface area contributed by atoms with Crippen LogP contribution in [0, 0.1) is 5.41 Å². The van der Waals surface area contributed by atoms with Crippen LogP contribution in [0.3, 0.4) is 0 Å². The maximum Gasteiger partial charge on any atom is 0.311 e. The Balaban J connectivity index is 1.44. The van der Waals surface area contributed by atoms with Gasteiger partial charge in [-0.1, -0.05) is 0 Å². The van der Waals surface area contributed by atoms with Gasteiger partial charge in [0.25, 0.3) is 0 Å². The number of fused-ring (bicyclic) bond motifs is 1. The zero-order valence-corrected chi connectivity index (χ0v) is 15.6. The summed E-state index contributed by atoms with van der Waals surface area (Å²) < 4.78 is 5.74. The smallest absolute Gasteiger partial charge is 0.311 e. The molecule has 146 valence electrons. The van der Waals surface area contributed by atoms with Gasteiger partial charge in [0.1, 0.15) is 5.75 Å². The lowest BCUT2D eigenvalue weighted by atomic mass is 9.82. The van der Waals surface area contributed by atoms with Crippen molar-refractivity contribution in [2.75, 3.05) is 25.0 Å². The molecular weight excluding hydrogens is 348 g/mol. The van der Waals surface area contributed by atoms with Gasteiger partial charge in [-0.15, -0.1) is 0 Å². The molecule has 0 radical (unpaired) electrons. The number of anilines is 1. The van der Waals surface area contributed by atoms with Gasteiger partial charge in [-0.2, -0.15) is 0 Å². The monoisotopic (exact) mass is 374 g/mol. The predicted molar refractivity (Wildman–Crippen MR) is 99.7 cm³/mol. The third kappa shape index (κ3) is 4.59. The lowest BCUT2D eigenvalue weighted by Gasteiger charge is -2.37. The topological polar surface area (TPSA) is 95.9 Å². The van der Waals surface area contributed by atoms with Crippen LogP contribution in [0.25, 0.3) is 0 Å². The number of carbonyl (C=O) groups excluding carboxylic acids is 2. The lowest BCUT2D eigenvalue weighted by molar-refractivity contribution is -0.153. The molecule has 1 aromatic carbocycles. The van der Waals surface area contributed by atoms with Gasteiger partial charge < -0.3 is 20.1 Å². The molecular formula is C20H26N2O5. The minimum atomic E-state index is -0.844. The molecule has 0 bridgehead atoms. The van der Waals surface area contributed by atoms with Crippen molar-refractivity contribution in [2.45, 2.75) is 45.4 Å². The van der Waals surface area contributed by atoms with Crippen LogP contribution in [0.4, 0.5) is 5.69 Å². The Hall–Kier alpha value is -2.57. The summed E-state index contributed by atoms with van der Waals surface area (Å²) in [6, 6.07) is 5.59. The van der Waals surface area contributed by atoms with Gasteiger partial charge in [0.15, 0.2) is 0 Å². The van der Waals surface area contributed by atoms with Crippen LogP contribution in [0.2, 0.25) is 0 Å². The molecule has 3 rings (SSSR count). The molecule has 1 fully saturated rings. The van der Waals surface area contributed by atoms with Gasteiger partial charge in [-0.25, -0.2) is 0 Å². The van der Waals surface area contributed by atoms with Crippen molar-refractivity contribution < 1.29 is 24.2 Å². The van der Waals surface area contributed by atoms with Crippen molar-refractivity contribution in [3.05, 3.63) is 23.8 Å². The van der Waals surface area contributed by atoms with Crippen molar-refractivity contribution in [3.8, 4) is 5.75 Å². The number of carboxylic acids is 1. The van der Waals surface area contributed by atoms with E-state index in [4.69, 9.17) is 4.74 Å². The fourth-order valence-corrected chi connectivity index (χ4v) is 3.65. The van der Waals surface area contributed by atoms with E-state index in [-0.39, 0.29) is 18.4 Å². The number of likely N-dealkylation sites (tertiary alicyclic amines) is 1. The molecule has 27 heavy (non-hydrogen) atoms. The second-order valence-electron chi connectivity index (χ2n) is 7.60. The lowest BCUT2D eigenvalue weighted by Crippen LogP contribution is -2.48. The van der Waals surface area contributed by atoms with Crippen molar-refractivity contribution in [1.29, 1.82) is 0 Å². The number of piperidine rings is 1. The minimum Gasteiger partial charge on any atom is -0.494 e. The Bertz CT molecular complexity index is 748. The average molecular weight is 374 g/mol. The van der Waals surface area contributed by atoms with Crippen molar-refractivity contribution in [1.82, 2.24) is 4.90 Å². The largest absolute Gasteiger partial charge is 0.494 e. The highest BCUT2D eigenvalue weighted by Crippen LogP contribution is 2.30. The molecule has 1 atom stereocenters. The van der Waals surface area contributed by atoms with E-state index in [9.17, 15) is 19.5 Å². The van der Waals surface area contributed by atoms with E-state index in [2.05, 4.69) is 5.32 Å². The maximum atomic E-state index is 12.4. The third-order valence-corrected chi connectivity index (χ3v) is 5.34. The molecule has 1 aromatic rings. The SMILES string of the molecule is CC1(C(=O)O)CCCN(C(=O)CCCOc2ccc3c(c2)CCC(=O)N3)C1. The molecule has 0 saturated carbocycles. The fraction of sp³-hybridized carbons (Fsp3) is 0.550. The van der Waals surface area contributed by atoms with Crippen molar-refractivity contribution >= 4 is 23.5 Å². The summed E-state index contributed by atoms with van der Waals surface area (Å²) in [5.41, 5.74) is 1.05. The molecule has 0 aromatic heterocycles. The second-order valence-corrected chi connectivity index (χ2v) is 7.60. The molecule has 2 heterocycles. The molecule has 1 saturated heterocycles. The van der Waals surface area contributed by atoms with E-state index in [0.29, 0.717) is 45.3 Å². The Labute approximate surface area is 158 Å². The summed E-state index contributed by atoms with van der Waals surface area (Å²) in [5.74, 6) is -0.0916. The van der Waals surface area contributed by atoms with Crippen LogP contribution < -0.4 is 10.1 Å². The van der Waals surface area contributed by atoms with Crippen LogP contribution in [0.5, 0.6) is 5.75 Å². The van der Waals surface area contributed by atoms with Gasteiger partial charge in [0, 0.05) is 31.6 Å². The number of hydrogen-bond donors (Lipinski definition) is 2. The molecule has 2 aliphatic rings. The first kappa shape index (κ1) is 19.2. The molecule has 2 amide bonds. The number of aryl methyl sites for hydroxylation is 1. The normalized spacial score (nSPS) is 22.0. The Morgan fingerprint density at radius 3 is 2.93 bits per heavy atom. The maximum absolute atomic E-state index is 12.4. The average Bonchev–Trinajstić information content (AvgIpc) is 2.65. The molecule has 2 aliphatic heterocycles. The summed E-state index contributed by atoms with van der Waals surface area (Å²) in [5, 5.41) is 12.2. The highest BCUT2D eigenvalue weighted by molar-refractivity contribution is 5.94. The zero-order chi connectivity index (χ0) is 19.4. The number of aliphatic carboxylic acids is 1. The predicted octanol–water partition coefficient (Wildman–Crippen LogP) is 2.44. The number of hydrogen-bond acceptors (Lipinski definition) is 4. The number of carbonyl (C=O) groups is 3. The quantitative estimate of drug-likeness (QED) is 0.746. The summed E-state index contributed by atoms with van der Waals surface area (Å²) in [6.45, 7) is 3.02. The molecule has 0 aliphatic carbocycles. The van der Waals surface area contributed by atoms with E-state index in [1.807, 2.05) is 18.2 Å². The number of carboxylic acid groups (broad SMARTS) is 1. The van der Waals surface area contributed by atoms with Gasteiger partial charge in [0.2, 0.25) is 11.8 Å². The van der Waals surface area contributed by atoms with Gasteiger partial charge in [0.05, 0.1) is 12.0 Å². The first-order valence-electron chi connectivity index (χ1n) is 9.44. The zero-order valence-electron chi connectivity index (χ0n) is 15.6. The Morgan fingerprint density at radius 1 is 1.33 bits per heavy atom. The number of benzene rings is 1. The summed E-state index contributed by atoms with van der Waals surface area (Å²) in [6.07, 6.45) is 3.43. The third-order valence-electron chi connectivity index (χ3n) is 5.34. The highest BCUT2D eigenvalue weighted by atomic mass is 16.5. The number of nitrogens with one attached hydrogen (secondary N) is 1. The molecule has 7 heteroatoms. The van der Waals surface area contributed by atoms with Crippen LogP contribution in [-0.4, -0.2) is 47.5 Å². The van der Waals surface area contributed by atoms with Crippen LogP contribution in [-0.2, 0) is 20.8 Å².